The predicted molar refractivity (Wildman–Crippen MR) is 97.6 cm³/mol. The van der Waals surface area contributed by atoms with Crippen molar-refractivity contribution in [2.24, 2.45) is 11.8 Å². The van der Waals surface area contributed by atoms with Gasteiger partial charge in [0.15, 0.2) is 0 Å². The first-order chi connectivity index (χ1) is 11.5. The molecule has 0 rings (SSSR count). The van der Waals surface area contributed by atoms with Crippen molar-refractivity contribution in [3.8, 4) is 0 Å². The molecule has 0 atom stereocenters. The summed E-state index contributed by atoms with van der Waals surface area (Å²) >= 11 is 0. The van der Waals surface area contributed by atoms with Crippen LogP contribution in [0.4, 0.5) is 0 Å². The fourth-order valence-corrected chi connectivity index (χ4v) is 1.64. The molecule has 0 aliphatic rings. The van der Waals surface area contributed by atoms with Crippen LogP contribution in [0.25, 0.3) is 0 Å². The molecule has 5 nitrogen and oxygen atoms in total. The maximum atomic E-state index is 9.93. The van der Waals surface area contributed by atoms with E-state index < -0.39 is 11.9 Å². The van der Waals surface area contributed by atoms with Gasteiger partial charge >= 0.3 is 16.8 Å². The Morgan fingerprint density at radius 3 is 1.15 bits per heavy atom. The summed E-state index contributed by atoms with van der Waals surface area (Å²) in [4.78, 5) is 29.7. The summed E-state index contributed by atoms with van der Waals surface area (Å²) in [5.74, 6) is -0.235. The van der Waals surface area contributed by atoms with Gasteiger partial charge in [0, 0.05) is 18.4 Å². The SMILES string of the molecule is CC(C)CCCCC(=O)[O-].CC(C)CCCCC(=O)[O-].CCC(C)=O.[Co+2]. The number of Topliss-reactive ketones (excluding diaryl/α,β-unsaturated/α-hetero) is 1. The molecule has 0 spiro atoms. The van der Waals surface area contributed by atoms with E-state index in [2.05, 4.69) is 27.7 Å². The predicted octanol–water partition coefficient (Wildman–Crippen LogP) is 2.89. The third kappa shape index (κ3) is 49.5. The van der Waals surface area contributed by atoms with Crippen molar-refractivity contribution in [1.29, 1.82) is 0 Å². The Hall–Kier alpha value is -0.884. The van der Waals surface area contributed by atoms with E-state index in [0.717, 1.165) is 38.5 Å². The summed E-state index contributed by atoms with van der Waals surface area (Å²) in [5.41, 5.74) is 0. The number of rotatable bonds is 11. The Morgan fingerprint density at radius 1 is 0.731 bits per heavy atom. The number of ketones is 1. The van der Waals surface area contributed by atoms with Crippen LogP contribution in [-0.2, 0) is 31.2 Å². The Bertz CT molecular complexity index is 315. The van der Waals surface area contributed by atoms with Crippen molar-refractivity contribution < 1.29 is 41.4 Å². The molecule has 0 fully saturated rings. The zero-order chi connectivity index (χ0) is 20.3. The molecule has 0 bridgehead atoms. The molecule has 157 valence electrons. The molecule has 0 aliphatic carbocycles. The van der Waals surface area contributed by atoms with Crippen LogP contribution in [0.1, 0.15) is 99.3 Å². The quantitative estimate of drug-likeness (QED) is 0.482. The summed E-state index contributed by atoms with van der Waals surface area (Å²) in [6, 6.07) is 0. The second-order valence-electron chi connectivity index (χ2n) is 7.08. The van der Waals surface area contributed by atoms with Gasteiger partial charge in [-0.05, 0) is 44.4 Å². The number of carbonyl (C=O) groups is 3. The van der Waals surface area contributed by atoms with Crippen molar-refractivity contribution >= 4 is 17.7 Å². The smallest absolute Gasteiger partial charge is 0.550 e. The fourth-order valence-electron chi connectivity index (χ4n) is 1.64. The number of carboxylic acid groups (broad SMARTS) is 2. The monoisotopic (exact) mass is 417 g/mol. The molecule has 0 aromatic carbocycles. The molecule has 0 saturated carbocycles. The van der Waals surface area contributed by atoms with Gasteiger partial charge in [0.1, 0.15) is 5.78 Å². The minimum absolute atomic E-state index is 0. The van der Waals surface area contributed by atoms with Crippen LogP contribution < -0.4 is 10.2 Å². The minimum atomic E-state index is -0.927. The van der Waals surface area contributed by atoms with Gasteiger partial charge < -0.3 is 24.6 Å². The number of hydrogen-bond donors (Lipinski definition) is 0. The fraction of sp³-hybridized carbons (Fsp3) is 0.850. The molecule has 0 amide bonds. The number of hydrogen-bond acceptors (Lipinski definition) is 5. The second-order valence-corrected chi connectivity index (χ2v) is 7.08. The summed E-state index contributed by atoms with van der Waals surface area (Å²) in [5, 5.41) is 19.9. The zero-order valence-electron chi connectivity index (χ0n) is 17.4. The van der Waals surface area contributed by atoms with E-state index in [1.807, 2.05) is 6.92 Å². The van der Waals surface area contributed by atoms with Crippen LogP contribution in [-0.4, -0.2) is 17.7 Å². The Morgan fingerprint density at radius 2 is 1.00 bits per heavy atom. The third-order valence-corrected chi connectivity index (χ3v) is 3.32. The van der Waals surface area contributed by atoms with E-state index in [4.69, 9.17) is 0 Å². The van der Waals surface area contributed by atoms with Gasteiger partial charge in [-0.1, -0.05) is 60.3 Å². The van der Waals surface area contributed by atoms with Crippen LogP contribution in [0.15, 0.2) is 0 Å². The summed E-state index contributed by atoms with van der Waals surface area (Å²) in [6.45, 7) is 12.0. The third-order valence-electron chi connectivity index (χ3n) is 3.32. The second kappa shape index (κ2) is 24.1. The molecule has 1 radical (unpaired) electrons. The first kappa shape index (κ1) is 32.8. The maximum Gasteiger partial charge on any atom is 2.00 e. The number of aliphatic carboxylic acids is 2. The largest absolute Gasteiger partial charge is 2.00 e. The normalized spacial score (nSPS) is 9.38. The van der Waals surface area contributed by atoms with Crippen molar-refractivity contribution in [3.05, 3.63) is 0 Å². The molecule has 0 aromatic heterocycles. The molecule has 0 N–H and O–H groups in total. The maximum absolute atomic E-state index is 9.93. The number of carboxylic acids is 2. The molecule has 0 aromatic rings. The average Bonchev–Trinajstić information content (AvgIpc) is 2.48. The first-order valence-corrected chi connectivity index (χ1v) is 9.41. The van der Waals surface area contributed by atoms with Crippen molar-refractivity contribution in [2.45, 2.75) is 99.3 Å². The summed E-state index contributed by atoms with van der Waals surface area (Å²) in [7, 11) is 0. The molecule has 0 saturated heterocycles. The molecule has 0 unspecified atom stereocenters. The van der Waals surface area contributed by atoms with Gasteiger partial charge in [-0.3, -0.25) is 0 Å². The van der Waals surface area contributed by atoms with E-state index in [-0.39, 0.29) is 35.4 Å². The Balaban J connectivity index is -0.000000145. The Kier molecular flexibility index (Phi) is 30.4. The van der Waals surface area contributed by atoms with Crippen LogP contribution in [0.5, 0.6) is 0 Å². The first-order valence-electron chi connectivity index (χ1n) is 9.41. The minimum Gasteiger partial charge on any atom is -0.550 e. The Labute approximate surface area is 170 Å². The van der Waals surface area contributed by atoms with Crippen LogP contribution in [0, 0.1) is 11.8 Å². The van der Waals surface area contributed by atoms with Crippen LogP contribution in [0.3, 0.4) is 0 Å². The topological polar surface area (TPSA) is 97.3 Å². The molecule has 0 heterocycles. The standard InChI is InChI=1S/2C8H16O2.C4H8O.Co/c2*1-7(2)5-3-4-6-8(9)10;1-3-4(2)5;/h2*7H,3-6H2,1-2H3,(H,9,10);3H2,1-2H3;/q;;;+2/p-2. The van der Waals surface area contributed by atoms with E-state index in [1.165, 1.54) is 0 Å². The summed E-state index contributed by atoms with van der Waals surface area (Å²) < 4.78 is 0. The van der Waals surface area contributed by atoms with Gasteiger partial charge in [0.05, 0.1) is 0 Å². The van der Waals surface area contributed by atoms with Gasteiger partial charge in [-0.25, -0.2) is 0 Å². The number of unbranched alkanes of at least 4 members (excludes halogenated alkanes) is 2. The number of carbonyl (C=O) groups excluding carboxylic acids is 3. The van der Waals surface area contributed by atoms with Gasteiger partial charge in [0.25, 0.3) is 0 Å². The van der Waals surface area contributed by atoms with E-state index in [1.54, 1.807) is 6.92 Å². The molecule has 26 heavy (non-hydrogen) atoms. The van der Waals surface area contributed by atoms with Crippen LogP contribution in [0.2, 0.25) is 0 Å². The van der Waals surface area contributed by atoms with Crippen molar-refractivity contribution in [3.63, 3.8) is 0 Å². The van der Waals surface area contributed by atoms with E-state index >= 15 is 0 Å². The van der Waals surface area contributed by atoms with E-state index in [9.17, 15) is 24.6 Å². The average molecular weight is 417 g/mol. The van der Waals surface area contributed by atoms with Gasteiger partial charge in [0.2, 0.25) is 0 Å². The molecule has 6 heteroatoms. The van der Waals surface area contributed by atoms with Crippen molar-refractivity contribution in [1.82, 2.24) is 0 Å². The van der Waals surface area contributed by atoms with Crippen LogP contribution >= 0.6 is 0 Å². The van der Waals surface area contributed by atoms with Gasteiger partial charge in [-0.2, -0.15) is 0 Å². The van der Waals surface area contributed by atoms with Crippen molar-refractivity contribution in [2.75, 3.05) is 0 Å². The zero-order valence-corrected chi connectivity index (χ0v) is 18.4. The van der Waals surface area contributed by atoms with E-state index in [0.29, 0.717) is 18.3 Å². The molecule has 0 aliphatic heterocycles. The summed E-state index contributed by atoms with van der Waals surface area (Å²) in [6.07, 6.45) is 6.87. The molecular formula is C20H38CoO5. The van der Waals surface area contributed by atoms with Gasteiger partial charge in [-0.15, -0.1) is 0 Å². The molecular weight excluding hydrogens is 379 g/mol.